The molecule has 2 fully saturated rings. The number of hydrogen-bond acceptors (Lipinski definition) is 7. The minimum Gasteiger partial charge on any atom is -0.496 e. The van der Waals surface area contributed by atoms with Gasteiger partial charge in [0.15, 0.2) is 5.82 Å². The lowest BCUT2D eigenvalue weighted by Crippen LogP contribution is -2.31. The average molecular weight is 409 g/mol. The third-order valence-corrected chi connectivity index (χ3v) is 6.48. The average Bonchev–Trinajstić information content (AvgIpc) is 3.47. The molecule has 0 spiro atoms. The third kappa shape index (κ3) is 3.67. The van der Waals surface area contributed by atoms with Crippen molar-refractivity contribution in [2.75, 3.05) is 24.7 Å². The van der Waals surface area contributed by atoms with Crippen LogP contribution in [0.2, 0.25) is 0 Å². The van der Waals surface area contributed by atoms with E-state index in [0.717, 1.165) is 52.1 Å². The van der Waals surface area contributed by atoms with Crippen LogP contribution in [0.15, 0.2) is 24.4 Å². The summed E-state index contributed by atoms with van der Waals surface area (Å²) in [5.41, 5.74) is 9.29. The Morgan fingerprint density at radius 2 is 2.07 bits per heavy atom. The van der Waals surface area contributed by atoms with E-state index in [4.69, 9.17) is 10.5 Å². The van der Waals surface area contributed by atoms with Gasteiger partial charge in [0, 0.05) is 12.1 Å². The van der Waals surface area contributed by atoms with Crippen molar-refractivity contribution in [3.05, 3.63) is 35.5 Å². The number of aromatic nitrogens is 4. The van der Waals surface area contributed by atoms with Crippen molar-refractivity contribution in [2.45, 2.75) is 38.8 Å². The normalized spacial score (nSPS) is 20.9. The van der Waals surface area contributed by atoms with Gasteiger partial charge in [0.2, 0.25) is 5.95 Å². The number of methoxy groups -OCH3 is 1. The summed E-state index contributed by atoms with van der Waals surface area (Å²) in [7, 11) is 1.63. The molecule has 5 rings (SSSR count). The Labute approximate surface area is 175 Å². The molecule has 0 atom stereocenters. The van der Waals surface area contributed by atoms with Gasteiger partial charge in [0.1, 0.15) is 16.8 Å². The highest BCUT2D eigenvalue weighted by molar-refractivity contribution is 5.86. The molecule has 8 nitrogen and oxygen atoms in total. The number of nitrogens with zero attached hydrogens (tertiary/aromatic N) is 4. The highest BCUT2D eigenvalue weighted by Crippen LogP contribution is 2.49. The van der Waals surface area contributed by atoms with Crippen LogP contribution in [0.25, 0.3) is 11.0 Å². The summed E-state index contributed by atoms with van der Waals surface area (Å²) in [4.78, 5) is 8.83. The molecule has 2 aliphatic carbocycles. The van der Waals surface area contributed by atoms with E-state index in [9.17, 15) is 5.11 Å². The van der Waals surface area contributed by atoms with Gasteiger partial charge in [0.05, 0.1) is 26.5 Å². The lowest BCUT2D eigenvalue weighted by Gasteiger charge is -2.35. The lowest BCUT2D eigenvalue weighted by molar-refractivity contribution is 0.179. The van der Waals surface area contributed by atoms with Crippen LogP contribution in [0.1, 0.15) is 36.8 Å². The Morgan fingerprint density at radius 3 is 2.80 bits per heavy atom. The van der Waals surface area contributed by atoms with E-state index in [1.807, 2.05) is 22.9 Å². The summed E-state index contributed by atoms with van der Waals surface area (Å²) in [6, 6.07) is 5.70. The van der Waals surface area contributed by atoms with E-state index in [-0.39, 0.29) is 12.6 Å². The number of hydrogen-bond donors (Lipinski definition) is 3. The predicted molar refractivity (Wildman–Crippen MR) is 115 cm³/mol. The van der Waals surface area contributed by atoms with Gasteiger partial charge >= 0.3 is 0 Å². The topological polar surface area (TPSA) is 111 Å². The van der Waals surface area contributed by atoms with E-state index in [1.165, 1.54) is 25.7 Å². The van der Waals surface area contributed by atoms with E-state index in [1.54, 1.807) is 13.3 Å². The van der Waals surface area contributed by atoms with Crippen molar-refractivity contribution < 1.29 is 9.84 Å². The standard InChI is InChI=1S/C22H28N6O2/c1-30-19-8-13(12-29)2-3-16(19)11-28-20-18(10-25-28)26-22(23)27-21(20)24-9-14-6-17(7-14)15-4-5-15/h2-3,8,10,14-15,17,29H,4-7,9,11-12H2,1H3,(H3,23,24,26,27). The second-order valence-corrected chi connectivity index (χ2v) is 8.59. The number of fused-ring (bicyclic) bond motifs is 1. The maximum Gasteiger partial charge on any atom is 0.222 e. The Hall–Kier alpha value is -2.87. The Kier molecular flexibility index (Phi) is 4.94. The maximum absolute atomic E-state index is 9.38. The van der Waals surface area contributed by atoms with Gasteiger partial charge in [-0.15, -0.1) is 0 Å². The van der Waals surface area contributed by atoms with Crippen molar-refractivity contribution in [1.82, 2.24) is 19.7 Å². The molecule has 1 aromatic carbocycles. The number of rotatable bonds is 8. The molecule has 0 saturated heterocycles. The Balaban J connectivity index is 1.38. The van der Waals surface area contributed by atoms with Crippen LogP contribution in [-0.4, -0.2) is 38.5 Å². The fourth-order valence-corrected chi connectivity index (χ4v) is 4.59. The van der Waals surface area contributed by atoms with Crippen LogP contribution in [0.4, 0.5) is 11.8 Å². The molecular weight excluding hydrogens is 380 g/mol. The zero-order valence-electron chi connectivity index (χ0n) is 17.2. The number of nitrogens with two attached hydrogens (primary N) is 1. The first-order chi connectivity index (χ1) is 14.6. The number of anilines is 2. The summed E-state index contributed by atoms with van der Waals surface area (Å²) in [6.07, 6.45) is 7.20. The van der Waals surface area contributed by atoms with E-state index < -0.39 is 0 Å². The van der Waals surface area contributed by atoms with E-state index in [2.05, 4.69) is 20.4 Å². The highest BCUT2D eigenvalue weighted by Gasteiger charge is 2.39. The SMILES string of the molecule is COc1cc(CO)ccc1Cn1ncc2nc(N)nc(NCC3CC(C4CC4)C3)c21. The number of nitrogen functional groups attached to an aromatic ring is 1. The molecule has 2 heterocycles. The van der Waals surface area contributed by atoms with Crippen molar-refractivity contribution >= 4 is 22.8 Å². The van der Waals surface area contributed by atoms with Crippen molar-refractivity contribution in [2.24, 2.45) is 17.8 Å². The molecule has 3 aromatic rings. The van der Waals surface area contributed by atoms with Gasteiger partial charge in [-0.1, -0.05) is 12.1 Å². The summed E-state index contributed by atoms with van der Waals surface area (Å²) in [6.45, 7) is 1.38. The zero-order chi connectivity index (χ0) is 20.7. The summed E-state index contributed by atoms with van der Waals surface area (Å²) < 4.78 is 7.39. The number of ether oxygens (including phenoxy) is 1. The first-order valence-corrected chi connectivity index (χ1v) is 10.6. The minimum absolute atomic E-state index is 0.0225. The van der Waals surface area contributed by atoms with E-state index in [0.29, 0.717) is 12.5 Å². The van der Waals surface area contributed by atoms with Crippen molar-refractivity contribution in [3.63, 3.8) is 0 Å². The van der Waals surface area contributed by atoms with E-state index >= 15 is 0 Å². The van der Waals surface area contributed by atoms with Gasteiger partial charge < -0.3 is 20.9 Å². The monoisotopic (exact) mass is 408 g/mol. The first kappa shape index (κ1) is 19.1. The van der Waals surface area contributed by atoms with Crippen LogP contribution in [0, 0.1) is 17.8 Å². The molecule has 4 N–H and O–H groups in total. The highest BCUT2D eigenvalue weighted by atomic mass is 16.5. The lowest BCUT2D eigenvalue weighted by atomic mass is 9.72. The Morgan fingerprint density at radius 1 is 1.23 bits per heavy atom. The van der Waals surface area contributed by atoms with Gasteiger partial charge in [0.25, 0.3) is 0 Å². The second kappa shape index (κ2) is 7.75. The molecule has 2 aromatic heterocycles. The molecular formula is C22H28N6O2. The summed E-state index contributed by atoms with van der Waals surface area (Å²) in [5.74, 6) is 4.33. The molecule has 2 aliphatic rings. The maximum atomic E-state index is 9.38. The molecule has 0 amide bonds. The number of aliphatic hydroxyl groups is 1. The van der Waals surface area contributed by atoms with Gasteiger partial charge in [-0.05, 0) is 55.1 Å². The second-order valence-electron chi connectivity index (χ2n) is 8.59. The smallest absolute Gasteiger partial charge is 0.222 e. The van der Waals surface area contributed by atoms with Crippen LogP contribution < -0.4 is 15.8 Å². The predicted octanol–water partition coefficient (Wildman–Crippen LogP) is 2.81. The van der Waals surface area contributed by atoms with Gasteiger partial charge in [-0.3, -0.25) is 4.68 Å². The molecule has 158 valence electrons. The quantitative estimate of drug-likeness (QED) is 0.525. The summed E-state index contributed by atoms with van der Waals surface area (Å²) >= 11 is 0. The Bertz CT molecular complexity index is 1060. The van der Waals surface area contributed by atoms with Crippen LogP contribution in [0.3, 0.4) is 0 Å². The number of aliphatic hydroxyl groups excluding tert-OH is 1. The zero-order valence-corrected chi connectivity index (χ0v) is 17.2. The molecule has 0 aliphatic heterocycles. The number of nitrogens with one attached hydrogen (secondary N) is 1. The van der Waals surface area contributed by atoms with Crippen molar-refractivity contribution in [3.8, 4) is 5.75 Å². The fourth-order valence-electron chi connectivity index (χ4n) is 4.59. The largest absolute Gasteiger partial charge is 0.496 e. The fraction of sp³-hybridized carbons (Fsp3) is 0.500. The van der Waals surface area contributed by atoms with Crippen LogP contribution in [-0.2, 0) is 13.2 Å². The minimum atomic E-state index is -0.0225. The molecule has 8 heteroatoms. The first-order valence-electron chi connectivity index (χ1n) is 10.6. The number of benzene rings is 1. The van der Waals surface area contributed by atoms with Crippen molar-refractivity contribution in [1.29, 1.82) is 0 Å². The van der Waals surface area contributed by atoms with Gasteiger partial charge in [-0.25, -0.2) is 4.98 Å². The van der Waals surface area contributed by atoms with Crippen LogP contribution in [0.5, 0.6) is 5.75 Å². The molecule has 30 heavy (non-hydrogen) atoms. The van der Waals surface area contributed by atoms with Crippen LogP contribution >= 0.6 is 0 Å². The molecule has 2 saturated carbocycles. The molecule has 0 radical (unpaired) electrons. The third-order valence-electron chi connectivity index (χ3n) is 6.48. The summed E-state index contributed by atoms with van der Waals surface area (Å²) in [5, 5.41) is 17.4. The van der Waals surface area contributed by atoms with Gasteiger partial charge in [-0.2, -0.15) is 10.1 Å². The molecule has 0 bridgehead atoms. The molecule has 0 unspecified atom stereocenters.